The molecule has 0 spiro atoms. The third-order valence-corrected chi connectivity index (χ3v) is 18.9. The number of hydrogen-bond acceptors (Lipinski definition) is 18. The minimum absolute atomic E-state index is 0.00220. The van der Waals surface area contributed by atoms with Crippen molar-refractivity contribution >= 4 is 63.4 Å². The van der Waals surface area contributed by atoms with Gasteiger partial charge in [0.05, 0.1) is 48.7 Å². The second-order valence-electron chi connectivity index (χ2n) is 25.2. The Balaban J connectivity index is 0.925. The van der Waals surface area contributed by atoms with Crippen molar-refractivity contribution in [2.75, 3.05) is 72.5 Å². The molecule has 1 saturated carbocycles. The molecule has 3 aromatic rings. The molecule has 1 aromatic heterocycles. The van der Waals surface area contributed by atoms with Crippen molar-refractivity contribution < 1.29 is 72.1 Å². The number of rotatable bonds is 16. The van der Waals surface area contributed by atoms with Crippen LogP contribution in [0.25, 0.3) is 10.9 Å². The molecule has 4 aliphatic heterocycles. The van der Waals surface area contributed by atoms with Crippen LogP contribution in [-0.2, 0) is 42.9 Å². The number of ether oxygens (including phenoxy) is 6. The summed E-state index contributed by atoms with van der Waals surface area (Å²) in [5.41, 5.74) is 2.88. The molecule has 5 aliphatic rings. The lowest BCUT2D eigenvalue weighted by Gasteiger charge is -2.46. The van der Waals surface area contributed by atoms with Gasteiger partial charge < -0.3 is 58.9 Å². The van der Waals surface area contributed by atoms with Crippen LogP contribution in [-0.4, -0.2) is 185 Å². The number of methoxy groups -OCH3 is 3. The number of carbonyl (C=O) groups is 5. The minimum atomic E-state index is -2.61. The molecule has 4 fully saturated rings. The number of aliphatic hydroxyl groups excluding tert-OH is 2. The fourth-order valence-electron chi connectivity index (χ4n) is 13.6. The number of anilines is 2. The molecule has 0 radical (unpaired) electrons. The van der Waals surface area contributed by atoms with Gasteiger partial charge in [0.1, 0.15) is 42.0 Å². The van der Waals surface area contributed by atoms with E-state index in [-0.39, 0.29) is 72.8 Å². The Hall–Kier alpha value is -5.65. The lowest BCUT2D eigenvalue weighted by Crippen LogP contribution is -2.64. The van der Waals surface area contributed by atoms with Crippen LogP contribution in [0.15, 0.2) is 60.0 Å². The largest absolute Gasteiger partial charge is 0.493 e. The van der Waals surface area contributed by atoms with Gasteiger partial charge in [0.2, 0.25) is 11.7 Å². The number of piperidine rings is 1. The van der Waals surface area contributed by atoms with Crippen molar-refractivity contribution in [3.63, 3.8) is 0 Å². The smallest absolute Gasteiger partial charge is 0.329 e. The molecular formula is C66H92ClFN6O14. The summed E-state index contributed by atoms with van der Waals surface area (Å²) in [6, 6.07) is 6.78. The molecule has 88 heavy (non-hydrogen) atoms. The molecule has 3 saturated heterocycles. The van der Waals surface area contributed by atoms with Gasteiger partial charge in [-0.3, -0.25) is 24.1 Å². The van der Waals surface area contributed by atoms with Crippen molar-refractivity contribution in [3.05, 3.63) is 70.8 Å². The van der Waals surface area contributed by atoms with Crippen LogP contribution in [0.1, 0.15) is 131 Å². The molecule has 22 heteroatoms. The number of carbonyl (C=O) groups excluding carboxylic acids is 5. The Morgan fingerprint density at radius 2 is 1.66 bits per heavy atom. The molecule has 2 bridgehead atoms. The average Bonchev–Trinajstić information content (AvgIpc) is 1.01. The number of hydrogen-bond donors (Lipinski definition) is 4. The first kappa shape index (κ1) is 68.3. The number of allylic oxidation sites excluding steroid dienone is 3. The quantitative estimate of drug-likeness (QED) is 0.0453. The highest BCUT2D eigenvalue weighted by Gasteiger charge is 2.56. The number of aromatic nitrogens is 2. The Morgan fingerprint density at radius 3 is 2.39 bits per heavy atom. The second kappa shape index (κ2) is 31.4. The van der Waals surface area contributed by atoms with E-state index in [4.69, 9.17) is 40.0 Å². The molecule has 4 N–H and O–H groups in total. The molecule has 20 nitrogen and oxygen atoms in total. The van der Waals surface area contributed by atoms with E-state index in [1.165, 1.54) is 30.5 Å². The summed E-state index contributed by atoms with van der Waals surface area (Å²) < 4.78 is 49.9. The zero-order valence-electron chi connectivity index (χ0n) is 52.4. The number of piperazine rings is 1. The molecule has 5 heterocycles. The number of benzene rings is 2. The molecule has 484 valence electrons. The van der Waals surface area contributed by atoms with Gasteiger partial charge >= 0.3 is 5.97 Å². The van der Waals surface area contributed by atoms with E-state index >= 15 is 0 Å². The summed E-state index contributed by atoms with van der Waals surface area (Å²) in [5, 5.41) is 38.0. The third kappa shape index (κ3) is 17.0. The van der Waals surface area contributed by atoms with Gasteiger partial charge in [0.25, 0.3) is 11.7 Å². The fraction of sp³-hybridized carbons (Fsp3) is 0.652. The summed E-state index contributed by atoms with van der Waals surface area (Å²) in [6.45, 7) is 13.1. The van der Waals surface area contributed by atoms with E-state index in [2.05, 4.69) is 26.3 Å². The zero-order valence-corrected chi connectivity index (χ0v) is 53.2. The molecule has 1 aliphatic carbocycles. The number of nitrogens with zero attached hydrogens (tertiary/aromatic N) is 5. The van der Waals surface area contributed by atoms with Crippen molar-refractivity contribution in [3.8, 4) is 11.5 Å². The lowest BCUT2D eigenvalue weighted by atomic mass is 9.82. The van der Waals surface area contributed by atoms with E-state index in [9.17, 15) is 43.7 Å². The number of ketones is 2. The Bertz CT molecular complexity index is 2980. The summed E-state index contributed by atoms with van der Waals surface area (Å²) in [6.07, 6.45) is 6.96. The van der Waals surface area contributed by atoms with E-state index in [1.54, 1.807) is 33.3 Å². The van der Waals surface area contributed by atoms with Crippen LogP contribution in [0, 0.1) is 35.4 Å². The summed E-state index contributed by atoms with van der Waals surface area (Å²) in [5.74, 6) is -6.54. The Kier molecular flexibility index (Phi) is 24.4. The van der Waals surface area contributed by atoms with Crippen molar-refractivity contribution in [2.24, 2.45) is 29.6 Å². The van der Waals surface area contributed by atoms with E-state index in [0.717, 1.165) is 17.7 Å². The van der Waals surface area contributed by atoms with Crippen molar-refractivity contribution in [1.82, 2.24) is 24.7 Å². The Labute approximate surface area is 521 Å². The lowest BCUT2D eigenvalue weighted by molar-refractivity contribution is -0.300. The maximum Gasteiger partial charge on any atom is 0.329 e. The van der Waals surface area contributed by atoms with Gasteiger partial charge in [-0.25, -0.2) is 19.2 Å². The van der Waals surface area contributed by atoms with E-state index in [1.807, 2.05) is 44.7 Å². The van der Waals surface area contributed by atoms with Crippen LogP contribution < -0.4 is 14.8 Å². The zero-order chi connectivity index (χ0) is 63.4. The number of fused-ring (bicyclic) bond motifs is 4. The minimum Gasteiger partial charge on any atom is -0.493 e. The number of esters is 1. The van der Waals surface area contributed by atoms with Gasteiger partial charge in [0.15, 0.2) is 11.5 Å². The van der Waals surface area contributed by atoms with Crippen LogP contribution in [0.4, 0.5) is 15.9 Å². The number of halogens is 2. The first-order chi connectivity index (χ1) is 42.1. The number of nitrogens with one attached hydrogen (secondary N) is 1. The molecule has 2 aromatic carbocycles. The predicted octanol–water partition coefficient (Wildman–Crippen LogP) is 8.71. The van der Waals surface area contributed by atoms with Crippen LogP contribution in [0.2, 0.25) is 5.02 Å². The second-order valence-corrected chi connectivity index (χ2v) is 25.6. The van der Waals surface area contributed by atoms with Gasteiger partial charge in [-0.1, -0.05) is 50.1 Å². The van der Waals surface area contributed by atoms with Gasteiger partial charge in [-0.2, -0.15) is 0 Å². The van der Waals surface area contributed by atoms with E-state index < -0.39 is 77.7 Å². The predicted molar refractivity (Wildman–Crippen MR) is 329 cm³/mol. The monoisotopic (exact) mass is 1250 g/mol. The Morgan fingerprint density at radius 1 is 0.898 bits per heavy atom. The highest BCUT2D eigenvalue weighted by atomic mass is 35.5. The SMILES string of the molecule is COc1cc2ncnc(Nc3ccc(F)c(Cl)c3)c2cc1OCCCN1CCN(C(=O)CCC[C@@H]2/C=C(\C)C[C@H](C)C[C@H](OC)[C@H]3O[C@@](O)(C(=O)C(=O)N4CCCC[C@H]4C(=O)O[C@H](/C(C)=C/[C@@H]4CC[C@@H](O)[C@H](OC)C4)[C@H](C)CCC2=O)[C@H](C)C[C@@H]3O)CC1. The van der Waals surface area contributed by atoms with Gasteiger partial charge in [0, 0.05) is 95.3 Å². The highest BCUT2D eigenvalue weighted by molar-refractivity contribution is 6.39. The molecule has 0 unspecified atom stereocenters. The molecule has 8 rings (SSSR count). The molecular weight excluding hydrogens is 1160 g/mol. The van der Waals surface area contributed by atoms with Crippen LogP contribution >= 0.6 is 11.6 Å². The van der Waals surface area contributed by atoms with Crippen LogP contribution in [0.3, 0.4) is 0 Å². The average molecular weight is 1250 g/mol. The maximum absolute atomic E-state index is 14.7. The number of aliphatic hydroxyl groups is 3. The topological polar surface area (TPSA) is 249 Å². The van der Waals surface area contributed by atoms with Crippen LogP contribution in [0.5, 0.6) is 11.5 Å². The normalized spacial score (nSPS) is 31.1. The summed E-state index contributed by atoms with van der Waals surface area (Å²) >= 11 is 6.03. The first-order valence-corrected chi connectivity index (χ1v) is 31.9. The molecule has 13 atom stereocenters. The van der Waals surface area contributed by atoms with Gasteiger partial charge in [-0.05, 0) is 145 Å². The number of amides is 2. The van der Waals surface area contributed by atoms with Crippen molar-refractivity contribution in [2.45, 2.75) is 179 Å². The number of cyclic esters (lactones) is 1. The molecule has 2 amide bonds. The maximum atomic E-state index is 14.7. The third-order valence-electron chi connectivity index (χ3n) is 18.7. The van der Waals surface area contributed by atoms with E-state index in [0.29, 0.717) is 137 Å². The number of Topliss-reactive ketones (excluding diaryl/α,β-unsaturated/α-hetero) is 2. The standard InChI is InChI=1S/C66H92ClFN6O14/c1-39-29-40(2)31-58(85-8)61-54(77)33-43(5)66(82,88-61)62(79)64(80)74-23-10-9-14-51(74)65(81)87-60(42(4)32-44-17-21-53(76)55(34-44)83-6)41(3)16-20-52(75)45(30-39)13-11-15-59(78)73-26-24-72(25-27-73)22-12-28-86-57-36-47-50(37-56(57)84-7)69-38-70-63(47)71-46-18-19-49(68)48(67)35-46/h18-19,30,32,35-38,40-41,43-45,51,53-55,58,60-61,76-77,82H,9-17,20-29,31,33-34H2,1-8H3,(H,69,70,71)/b39-30+,42-32+/t40-,41+,43+,44-,45+,51-,53+,54-,55+,58-,60-,61-,66+/m0/s1. The van der Waals surface area contributed by atoms with Gasteiger partial charge in [-0.15, -0.1) is 0 Å². The highest BCUT2D eigenvalue weighted by Crippen LogP contribution is 2.40. The van der Waals surface area contributed by atoms with Crippen molar-refractivity contribution in [1.29, 1.82) is 0 Å². The fourth-order valence-corrected chi connectivity index (χ4v) is 13.7. The first-order valence-electron chi connectivity index (χ1n) is 31.5. The summed E-state index contributed by atoms with van der Waals surface area (Å²) in [4.78, 5) is 86.1. The summed E-state index contributed by atoms with van der Waals surface area (Å²) in [7, 11) is 4.61.